The van der Waals surface area contributed by atoms with E-state index in [9.17, 15) is 0 Å². The fraction of sp³-hybridized carbons (Fsp3) is 0.714. The molecule has 1 aromatic rings. The number of rotatable bonds is 2. The molecule has 0 radical (unpaired) electrons. The maximum absolute atomic E-state index is 4.43. The van der Waals surface area contributed by atoms with Crippen LogP contribution in [0.5, 0.6) is 0 Å². The van der Waals surface area contributed by atoms with Gasteiger partial charge in [-0.1, -0.05) is 6.42 Å². The zero-order valence-electron chi connectivity index (χ0n) is 11.3. The molecule has 0 spiro atoms. The van der Waals surface area contributed by atoms with Gasteiger partial charge in [-0.2, -0.15) is 0 Å². The first-order valence-electron chi connectivity index (χ1n) is 7.29. The molecule has 0 aromatic carbocycles. The van der Waals surface area contributed by atoms with Crippen molar-refractivity contribution >= 4 is 28.5 Å². The number of piperidine rings is 2. The highest BCUT2D eigenvalue weighted by molar-refractivity contribution is 14.1. The van der Waals surface area contributed by atoms with Crippen LogP contribution in [0.1, 0.15) is 32.1 Å². The maximum Gasteiger partial charge on any atom is 0.225 e. The second kappa shape index (κ2) is 6.35. The van der Waals surface area contributed by atoms with E-state index in [0.29, 0.717) is 0 Å². The predicted molar refractivity (Wildman–Crippen MR) is 85.4 cm³/mol. The molecule has 0 N–H and O–H groups in total. The fourth-order valence-corrected chi connectivity index (χ4v) is 3.46. The lowest BCUT2D eigenvalue weighted by Gasteiger charge is -2.40. The first-order chi connectivity index (χ1) is 9.33. The molecule has 4 nitrogen and oxygen atoms in total. The Bertz CT molecular complexity index is 394. The summed E-state index contributed by atoms with van der Waals surface area (Å²) in [5, 5.41) is 0. The van der Waals surface area contributed by atoms with Gasteiger partial charge in [0, 0.05) is 35.1 Å². The van der Waals surface area contributed by atoms with Gasteiger partial charge in [0.25, 0.3) is 0 Å². The van der Waals surface area contributed by atoms with E-state index in [2.05, 4.69) is 42.4 Å². The smallest absolute Gasteiger partial charge is 0.225 e. The lowest BCUT2D eigenvalue weighted by Crippen LogP contribution is -2.47. The summed E-state index contributed by atoms with van der Waals surface area (Å²) in [6, 6.07) is 0.792. The van der Waals surface area contributed by atoms with Crippen molar-refractivity contribution in [2.24, 2.45) is 0 Å². The van der Waals surface area contributed by atoms with Gasteiger partial charge in [0.1, 0.15) is 0 Å². The Morgan fingerprint density at radius 1 is 0.947 bits per heavy atom. The summed E-state index contributed by atoms with van der Waals surface area (Å²) in [5.41, 5.74) is 0. The Morgan fingerprint density at radius 2 is 1.58 bits per heavy atom. The molecule has 2 aliphatic heterocycles. The van der Waals surface area contributed by atoms with Crippen LogP contribution in [-0.4, -0.2) is 47.1 Å². The summed E-state index contributed by atoms with van der Waals surface area (Å²) < 4.78 is 1.10. The minimum absolute atomic E-state index is 0.792. The second-order valence-corrected chi connectivity index (χ2v) is 6.76. The standard InChI is InChI=1S/C14H21IN4/c15-12-10-16-14(17-11-12)19-8-4-13(5-9-19)18-6-2-1-3-7-18/h10-11,13H,1-9H2. The average molecular weight is 372 g/mol. The molecule has 2 saturated heterocycles. The van der Waals surface area contributed by atoms with Gasteiger partial charge in [0.15, 0.2) is 0 Å². The van der Waals surface area contributed by atoms with Crippen LogP contribution < -0.4 is 4.90 Å². The van der Waals surface area contributed by atoms with Crippen LogP contribution >= 0.6 is 22.6 Å². The van der Waals surface area contributed by atoms with Crippen molar-refractivity contribution in [3.05, 3.63) is 16.0 Å². The van der Waals surface area contributed by atoms with E-state index in [1.54, 1.807) is 0 Å². The molecule has 1 aromatic heterocycles. The molecule has 0 saturated carbocycles. The zero-order chi connectivity index (χ0) is 13.1. The molecule has 3 rings (SSSR count). The van der Waals surface area contributed by atoms with Crippen LogP contribution in [0.4, 0.5) is 5.95 Å². The highest BCUT2D eigenvalue weighted by Gasteiger charge is 2.26. The molecule has 0 amide bonds. The summed E-state index contributed by atoms with van der Waals surface area (Å²) in [4.78, 5) is 13.9. The lowest BCUT2D eigenvalue weighted by molar-refractivity contribution is 0.141. The molecular weight excluding hydrogens is 351 g/mol. The third-order valence-electron chi connectivity index (χ3n) is 4.26. The Balaban J connectivity index is 1.55. The Labute approximate surface area is 128 Å². The van der Waals surface area contributed by atoms with E-state index in [0.717, 1.165) is 28.6 Å². The summed E-state index contributed by atoms with van der Waals surface area (Å²) in [6.45, 7) is 4.82. The van der Waals surface area contributed by atoms with Crippen molar-refractivity contribution in [1.29, 1.82) is 0 Å². The minimum atomic E-state index is 0.792. The van der Waals surface area contributed by atoms with Crippen molar-refractivity contribution in [2.75, 3.05) is 31.1 Å². The molecule has 0 atom stereocenters. The van der Waals surface area contributed by atoms with Gasteiger partial charge < -0.3 is 9.80 Å². The number of halogens is 1. The van der Waals surface area contributed by atoms with Gasteiger partial charge in [-0.25, -0.2) is 9.97 Å². The molecule has 3 heterocycles. The van der Waals surface area contributed by atoms with Crippen LogP contribution in [0.3, 0.4) is 0 Å². The molecule has 0 unspecified atom stereocenters. The van der Waals surface area contributed by atoms with E-state index < -0.39 is 0 Å². The number of anilines is 1. The Hall–Kier alpha value is -0.430. The predicted octanol–water partition coefficient (Wildman–Crippen LogP) is 2.54. The first-order valence-corrected chi connectivity index (χ1v) is 8.37. The zero-order valence-corrected chi connectivity index (χ0v) is 13.4. The van der Waals surface area contributed by atoms with Crippen LogP contribution in [0.25, 0.3) is 0 Å². The van der Waals surface area contributed by atoms with Crippen LogP contribution in [0.2, 0.25) is 0 Å². The highest BCUT2D eigenvalue weighted by atomic mass is 127. The number of hydrogen-bond donors (Lipinski definition) is 0. The van der Waals surface area contributed by atoms with Crippen LogP contribution in [-0.2, 0) is 0 Å². The second-order valence-electron chi connectivity index (χ2n) is 5.52. The highest BCUT2D eigenvalue weighted by Crippen LogP contribution is 2.22. The molecule has 104 valence electrons. The summed E-state index contributed by atoms with van der Waals surface area (Å²) >= 11 is 2.25. The number of hydrogen-bond acceptors (Lipinski definition) is 4. The number of nitrogens with zero attached hydrogens (tertiary/aromatic N) is 4. The van der Waals surface area contributed by atoms with Gasteiger partial charge in [-0.05, 0) is 61.4 Å². The summed E-state index contributed by atoms with van der Waals surface area (Å²) in [5.74, 6) is 0.900. The topological polar surface area (TPSA) is 32.3 Å². The van der Waals surface area contributed by atoms with Crippen molar-refractivity contribution in [3.63, 3.8) is 0 Å². The van der Waals surface area contributed by atoms with Gasteiger partial charge in [-0.15, -0.1) is 0 Å². The first kappa shape index (κ1) is 13.5. The molecule has 19 heavy (non-hydrogen) atoms. The Kier molecular flexibility index (Phi) is 4.53. The van der Waals surface area contributed by atoms with Crippen molar-refractivity contribution in [2.45, 2.75) is 38.1 Å². The Morgan fingerprint density at radius 3 is 2.21 bits per heavy atom. The van der Waals surface area contributed by atoms with Crippen molar-refractivity contribution in [1.82, 2.24) is 14.9 Å². The van der Waals surface area contributed by atoms with Crippen LogP contribution in [0.15, 0.2) is 12.4 Å². The van der Waals surface area contributed by atoms with E-state index >= 15 is 0 Å². The number of aromatic nitrogens is 2. The largest absolute Gasteiger partial charge is 0.341 e. The van der Waals surface area contributed by atoms with Gasteiger partial charge in [0.05, 0.1) is 0 Å². The summed E-state index contributed by atoms with van der Waals surface area (Å²) in [7, 11) is 0. The molecular formula is C14H21IN4. The molecule has 5 heteroatoms. The van der Waals surface area contributed by atoms with E-state index in [1.165, 1.54) is 45.2 Å². The SMILES string of the molecule is Ic1cnc(N2CCC(N3CCCCC3)CC2)nc1. The fourth-order valence-electron chi connectivity index (χ4n) is 3.18. The monoisotopic (exact) mass is 372 g/mol. The normalized spacial score (nSPS) is 22.7. The minimum Gasteiger partial charge on any atom is -0.341 e. The van der Waals surface area contributed by atoms with E-state index in [4.69, 9.17) is 0 Å². The van der Waals surface area contributed by atoms with Crippen LogP contribution in [0, 0.1) is 3.57 Å². The molecule has 0 aliphatic carbocycles. The lowest BCUT2D eigenvalue weighted by atomic mass is 10.0. The summed E-state index contributed by atoms with van der Waals surface area (Å²) in [6.07, 6.45) is 10.5. The van der Waals surface area contributed by atoms with E-state index in [-0.39, 0.29) is 0 Å². The quantitative estimate of drug-likeness (QED) is 0.747. The molecule has 2 fully saturated rings. The molecule has 2 aliphatic rings. The average Bonchev–Trinajstić information content (AvgIpc) is 2.49. The van der Waals surface area contributed by atoms with Crippen molar-refractivity contribution in [3.8, 4) is 0 Å². The number of likely N-dealkylation sites (tertiary alicyclic amines) is 1. The van der Waals surface area contributed by atoms with Gasteiger partial charge in [-0.3, -0.25) is 0 Å². The third kappa shape index (κ3) is 3.37. The third-order valence-corrected chi connectivity index (χ3v) is 4.82. The van der Waals surface area contributed by atoms with Gasteiger partial charge >= 0.3 is 0 Å². The van der Waals surface area contributed by atoms with Gasteiger partial charge in [0.2, 0.25) is 5.95 Å². The van der Waals surface area contributed by atoms with Crippen molar-refractivity contribution < 1.29 is 0 Å². The van der Waals surface area contributed by atoms with E-state index in [1.807, 2.05) is 12.4 Å². The maximum atomic E-state index is 4.43. The molecule has 0 bridgehead atoms.